The Labute approximate surface area is 99.1 Å². The zero-order chi connectivity index (χ0) is 12.8. The quantitative estimate of drug-likeness (QED) is 0.701. The highest BCUT2D eigenvalue weighted by Crippen LogP contribution is 2.08. The summed E-state index contributed by atoms with van der Waals surface area (Å²) in [6.07, 6.45) is 0.582. The second-order valence-electron chi connectivity index (χ2n) is 3.43. The van der Waals surface area contributed by atoms with Crippen LogP contribution in [0.3, 0.4) is 0 Å². The van der Waals surface area contributed by atoms with Gasteiger partial charge in [0, 0.05) is 7.05 Å². The monoisotopic (exact) mass is 237 g/mol. The average molecular weight is 237 g/mol. The fourth-order valence-electron chi connectivity index (χ4n) is 1.34. The predicted octanol–water partition coefficient (Wildman–Crippen LogP) is 0.716. The van der Waals surface area contributed by atoms with Gasteiger partial charge in [-0.05, 0) is 18.6 Å². The van der Waals surface area contributed by atoms with Gasteiger partial charge in [-0.15, -0.1) is 0 Å². The van der Waals surface area contributed by atoms with Gasteiger partial charge in [0.2, 0.25) is 5.91 Å². The van der Waals surface area contributed by atoms with Crippen molar-refractivity contribution >= 4 is 17.7 Å². The van der Waals surface area contributed by atoms with Crippen molar-refractivity contribution in [2.24, 2.45) is 0 Å². The molecule has 1 amide bonds. The van der Waals surface area contributed by atoms with Crippen LogP contribution in [-0.2, 0) is 4.79 Å². The third kappa shape index (κ3) is 3.44. The van der Waals surface area contributed by atoms with Gasteiger partial charge in [-0.2, -0.15) is 0 Å². The summed E-state index contributed by atoms with van der Waals surface area (Å²) in [6, 6.07) is 4.18. The fourth-order valence-corrected chi connectivity index (χ4v) is 1.34. The van der Waals surface area contributed by atoms with Crippen LogP contribution in [0.5, 0.6) is 0 Å². The lowest BCUT2D eigenvalue weighted by Gasteiger charge is -2.15. The number of carboxylic acids is 1. The molecule has 1 aromatic heterocycles. The van der Waals surface area contributed by atoms with Crippen LogP contribution >= 0.6 is 0 Å². The number of aromatic carboxylic acids is 1. The molecule has 0 radical (unpaired) electrons. The van der Waals surface area contributed by atoms with E-state index in [2.05, 4.69) is 15.6 Å². The highest BCUT2D eigenvalue weighted by atomic mass is 16.4. The number of hydrogen-bond donors (Lipinski definition) is 3. The van der Waals surface area contributed by atoms with E-state index in [0.29, 0.717) is 12.2 Å². The molecule has 0 aliphatic carbocycles. The van der Waals surface area contributed by atoms with Gasteiger partial charge in [-0.25, -0.2) is 9.78 Å². The van der Waals surface area contributed by atoms with Gasteiger partial charge < -0.3 is 15.7 Å². The Bertz CT molecular complexity index is 420. The van der Waals surface area contributed by atoms with Gasteiger partial charge in [0.1, 0.15) is 11.9 Å². The molecule has 0 aromatic carbocycles. The van der Waals surface area contributed by atoms with Crippen LogP contribution in [-0.4, -0.2) is 35.1 Å². The topological polar surface area (TPSA) is 91.3 Å². The first-order chi connectivity index (χ1) is 8.08. The molecule has 1 rings (SSSR count). The average Bonchev–Trinajstić information content (AvgIpc) is 2.35. The molecule has 0 fully saturated rings. The Morgan fingerprint density at radius 1 is 1.47 bits per heavy atom. The normalized spacial score (nSPS) is 11.6. The number of carbonyl (C=O) groups excluding carboxylic acids is 1. The summed E-state index contributed by atoms with van der Waals surface area (Å²) in [5.74, 6) is -0.878. The predicted molar refractivity (Wildman–Crippen MR) is 63.0 cm³/mol. The van der Waals surface area contributed by atoms with Crippen molar-refractivity contribution in [3.63, 3.8) is 0 Å². The van der Waals surface area contributed by atoms with E-state index in [4.69, 9.17) is 5.11 Å². The second kappa shape index (κ2) is 5.83. The highest BCUT2D eigenvalue weighted by molar-refractivity contribution is 5.86. The summed E-state index contributed by atoms with van der Waals surface area (Å²) in [5.41, 5.74) is -0.0539. The van der Waals surface area contributed by atoms with Crippen molar-refractivity contribution < 1.29 is 14.7 Å². The maximum atomic E-state index is 11.4. The Hall–Kier alpha value is -2.11. The molecule has 0 spiro atoms. The van der Waals surface area contributed by atoms with Crippen molar-refractivity contribution in [2.75, 3.05) is 12.4 Å². The van der Waals surface area contributed by atoms with Gasteiger partial charge in [0.15, 0.2) is 5.69 Å². The lowest BCUT2D eigenvalue weighted by molar-refractivity contribution is -0.121. The smallest absolute Gasteiger partial charge is 0.354 e. The molecule has 1 heterocycles. The van der Waals surface area contributed by atoms with Crippen molar-refractivity contribution in [3.8, 4) is 0 Å². The standard InChI is InChI=1S/C11H15N3O3/c1-3-7(10(15)12-2)13-9-6-4-5-8(14-9)11(16)17/h4-7H,3H2,1-2H3,(H,12,15)(H,13,14)(H,16,17). The number of aromatic nitrogens is 1. The highest BCUT2D eigenvalue weighted by Gasteiger charge is 2.15. The number of amides is 1. The molecule has 0 aliphatic rings. The van der Waals surface area contributed by atoms with Crippen molar-refractivity contribution in [1.82, 2.24) is 10.3 Å². The number of anilines is 1. The number of likely N-dealkylation sites (N-methyl/N-ethyl adjacent to an activating group) is 1. The zero-order valence-electron chi connectivity index (χ0n) is 9.73. The van der Waals surface area contributed by atoms with Crippen molar-refractivity contribution in [3.05, 3.63) is 23.9 Å². The first-order valence-corrected chi connectivity index (χ1v) is 5.27. The van der Waals surface area contributed by atoms with Crippen LogP contribution in [0.25, 0.3) is 0 Å². The number of carboxylic acid groups (broad SMARTS) is 1. The van der Waals surface area contributed by atoms with E-state index in [1.54, 1.807) is 19.2 Å². The second-order valence-corrected chi connectivity index (χ2v) is 3.43. The molecule has 1 aromatic rings. The van der Waals surface area contributed by atoms with Gasteiger partial charge in [0.05, 0.1) is 0 Å². The number of carbonyl (C=O) groups is 2. The molecule has 92 valence electrons. The number of nitrogens with zero attached hydrogens (tertiary/aromatic N) is 1. The molecule has 1 unspecified atom stereocenters. The summed E-state index contributed by atoms with van der Waals surface area (Å²) < 4.78 is 0. The number of hydrogen-bond acceptors (Lipinski definition) is 4. The van der Waals surface area contributed by atoms with Crippen LogP contribution < -0.4 is 10.6 Å². The maximum Gasteiger partial charge on any atom is 0.354 e. The molecule has 17 heavy (non-hydrogen) atoms. The lowest BCUT2D eigenvalue weighted by Crippen LogP contribution is -2.37. The molecule has 6 nitrogen and oxygen atoms in total. The Morgan fingerprint density at radius 2 is 2.18 bits per heavy atom. The van der Waals surface area contributed by atoms with E-state index in [-0.39, 0.29) is 11.6 Å². The summed E-state index contributed by atoms with van der Waals surface area (Å²) in [7, 11) is 1.55. The molecule has 3 N–H and O–H groups in total. The fraction of sp³-hybridized carbons (Fsp3) is 0.364. The number of nitrogens with one attached hydrogen (secondary N) is 2. The van der Waals surface area contributed by atoms with E-state index in [9.17, 15) is 9.59 Å². The molecule has 0 bridgehead atoms. The van der Waals surface area contributed by atoms with E-state index in [1.165, 1.54) is 6.07 Å². The minimum atomic E-state index is -1.10. The van der Waals surface area contributed by atoms with E-state index in [1.807, 2.05) is 6.92 Å². The van der Waals surface area contributed by atoms with Crippen molar-refractivity contribution in [2.45, 2.75) is 19.4 Å². The van der Waals surface area contributed by atoms with Gasteiger partial charge in [-0.3, -0.25) is 4.79 Å². The summed E-state index contributed by atoms with van der Waals surface area (Å²) in [4.78, 5) is 26.1. The molecular formula is C11H15N3O3. The molecule has 1 atom stereocenters. The van der Waals surface area contributed by atoms with Crippen LogP contribution in [0, 0.1) is 0 Å². The number of rotatable bonds is 5. The molecule has 0 saturated heterocycles. The van der Waals surface area contributed by atoms with Crippen molar-refractivity contribution in [1.29, 1.82) is 0 Å². The Balaban J connectivity index is 2.83. The summed E-state index contributed by atoms with van der Waals surface area (Å²) in [5, 5.41) is 14.2. The first kappa shape index (κ1) is 13.0. The molecule has 0 saturated carbocycles. The summed E-state index contributed by atoms with van der Waals surface area (Å²) in [6.45, 7) is 1.86. The lowest BCUT2D eigenvalue weighted by atomic mass is 10.2. The SMILES string of the molecule is CCC(Nc1cccc(C(=O)O)n1)C(=O)NC. The third-order valence-corrected chi connectivity index (χ3v) is 2.26. The zero-order valence-corrected chi connectivity index (χ0v) is 9.73. The largest absolute Gasteiger partial charge is 0.477 e. The molecule has 6 heteroatoms. The van der Waals surface area contributed by atoms with Gasteiger partial charge >= 0.3 is 5.97 Å². The molecular weight excluding hydrogens is 222 g/mol. The van der Waals surface area contributed by atoms with Crippen LogP contribution in [0.1, 0.15) is 23.8 Å². The Morgan fingerprint density at radius 3 is 2.71 bits per heavy atom. The number of pyridine rings is 1. The molecule has 0 aliphatic heterocycles. The third-order valence-electron chi connectivity index (χ3n) is 2.26. The first-order valence-electron chi connectivity index (χ1n) is 5.27. The van der Waals surface area contributed by atoms with Gasteiger partial charge in [0.25, 0.3) is 0 Å². The van der Waals surface area contributed by atoms with Crippen LogP contribution in [0.15, 0.2) is 18.2 Å². The van der Waals surface area contributed by atoms with E-state index >= 15 is 0 Å². The summed E-state index contributed by atoms with van der Waals surface area (Å²) >= 11 is 0. The van der Waals surface area contributed by atoms with Crippen LogP contribution in [0.2, 0.25) is 0 Å². The minimum absolute atomic E-state index is 0.0539. The van der Waals surface area contributed by atoms with E-state index < -0.39 is 12.0 Å². The maximum absolute atomic E-state index is 11.4. The van der Waals surface area contributed by atoms with Crippen LogP contribution in [0.4, 0.5) is 5.82 Å². The van der Waals surface area contributed by atoms with Gasteiger partial charge in [-0.1, -0.05) is 13.0 Å². The van der Waals surface area contributed by atoms with E-state index in [0.717, 1.165) is 0 Å². The minimum Gasteiger partial charge on any atom is -0.477 e. The Kier molecular flexibility index (Phi) is 4.45.